The lowest BCUT2D eigenvalue weighted by molar-refractivity contribution is -0.122. The highest BCUT2D eigenvalue weighted by Crippen LogP contribution is 2.50. The van der Waals surface area contributed by atoms with Gasteiger partial charge in [-0.1, -0.05) is 29.8 Å². The highest BCUT2D eigenvalue weighted by atomic mass is 127. The third-order valence-corrected chi connectivity index (χ3v) is 8.65. The van der Waals surface area contributed by atoms with E-state index in [0.29, 0.717) is 31.1 Å². The molecule has 2 amide bonds. The molecule has 1 aliphatic carbocycles. The fourth-order valence-corrected chi connectivity index (χ4v) is 6.78. The molecular weight excluding hydrogens is 597 g/mol. The van der Waals surface area contributed by atoms with Crippen molar-refractivity contribution in [3.63, 3.8) is 0 Å². The Hall–Kier alpha value is -2.69. The van der Waals surface area contributed by atoms with Crippen LogP contribution < -0.4 is 9.64 Å². The van der Waals surface area contributed by atoms with Crippen LogP contribution in [0.4, 0.5) is 5.69 Å². The summed E-state index contributed by atoms with van der Waals surface area (Å²) in [5, 5.41) is 10.1. The number of aromatic hydroxyl groups is 1. The van der Waals surface area contributed by atoms with Gasteiger partial charge < -0.3 is 19.3 Å². The minimum absolute atomic E-state index is 0.110. The predicted molar refractivity (Wildman–Crippen MR) is 153 cm³/mol. The van der Waals surface area contributed by atoms with Gasteiger partial charge in [-0.25, -0.2) is 0 Å². The second-order valence-electron chi connectivity index (χ2n) is 10.2. The molecule has 2 aromatic carbocycles. The molecule has 7 nitrogen and oxygen atoms in total. The minimum Gasteiger partial charge on any atom is -0.504 e. The predicted octanol–water partition coefficient (Wildman–Crippen LogP) is 5.36. The number of halogens is 1. The van der Waals surface area contributed by atoms with Crippen LogP contribution in [0.2, 0.25) is 0 Å². The quantitative estimate of drug-likeness (QED) is 0.241. The number of hydrogen-bond acceptors (Lipinski definition) is 6. The molecular formula is C30H32INO6. The lowest BCUT2D eigenvalue weighted by atomic mass is 9.69. The van der Waals surface area contributed by atoms with Gasteiger partial charge in [0.1, 0.15) is 0 Å². The monoisotopic (exact) mass is 629 g/mol. The molecule has 2 heterocycles. The highest BCUT2D eigenvalue weighted by molar-refractivity contribution is 14.1. The van der Waals surface area contributed by atoms with Crippen molar-refractivity contribution in [2.24, 2.45) is 17.8 Å². The molecule has 3 aliphatic rings. The maximum atomic E-state index is 13.6. The van der Waals surface area contributed by atoms with Crippen LogP contribution in [-0.4, -0.2) is 50.5 Å². The SMILES string of the molecule is COCC1=C2[C@@H](CC/C(C)=C/c3cc(I)c(O)c(OC)c3)OC[C@@H]2[C@@H]2C(=O)N(c3ccccc3)C(=O)[C@@H]2C1. The first-order valence-electron chi connectivity index (χ1n) is 12.8. The first-order valence-corrected chi connectivity index (χ1v) is 13.9. The van der Waals surface area contributed by atoms with Crippen molar-refractivity contribution in [1.29, 1.82) is 0 Å². The summed E-state index contributed by atoms with van der Waals surface area (Å²) in [7, 11) is 3.21. The number of fused-ring (bicyclic) bond motifs is 3. The number of ether oxygens (including phenoxy) is 3. The van der Waals surface area contributed by atoms with E-state index in [-0.39, 0.29) is 35.5 Å². The number of methoxy groups -OCH3 is 2. The van der Waals surface area contributed by atoms with E-state index in [9.17, 15) is 14.7 Å². The van der Waals surface area contributed by atoms with Crippen LogP contribution in [0.3, 0.4) is 0 Å². The van der Waals surface area contributed by atoms with Crippen LogP contribution in [-0.2, 0) is 19.1 Å². The Morgan fingerprint density at radius 3 is 2.63 bits per heavy atom. The van der Waals surface area contributed by atoms with Crippen LogP contribution in [0.25, 0.3) is 6.08 Å². The highest BCUT2D eigenvalue weighted by Gasteiger charge is 2.57. The maximum absolute atomic E-state index is 13.6. The minimum atomic E-state index is -0.397. The molecule has 5 rings (SSSR count). The van der Waals surface area contributed by atoms with Crippen molar-refractivity contribution in [2.45, 2.75) is 32.3 Å². The van der Waals surface area contributed by atoms with Gasteiger partial charge in [0.2, 0.25) is 11.8 Å². The Morgan fingerprint density at radius 2 is 1.92 bits per heavy atom. The fraction of sp³-hybridized carbons (Fsp3) is 0.400. The van der Waals surface area contributed by atoms with Gasteiger partial charge >= 0.3 is 0 Å². The third-order valence-electron chi connectivity index (χ3n) is 7.83. The topological polar surface area (TPSA) is 85.3 Å². The first kappa shape index (κ1) is 26.9. The number of amides is 2. The molecule has 0 bridgehead atoms. The van der Waals surface area contributed by atoms with Crippen LogP contribution in [0, 0.1) is 21.3 Å². The number of benzene rings is 2. The number of phenols is 1. The number of hydrogen-bond donors (Lipinski definition) is 1. The summed E-state index contributed by atoms with van der Waals surface area (Å²) in [5.74, 6) is -0.539. The number of nitrogens with zero attached hydrogens (tertiary/aromatic N) is 1. The number of phenolic OH excluding ortho intramolecular Hbond substituents is 1. The molecule has 200 valence electrons. The molecule has 0 unspecified atom stereocenters. The number of allylic oxidation sites excluding steroid dienone is 1. The van der Waals surface area contributed by atoms with E-state index in [1.165, 1.54) is 10.5 Å². The summed E-state index contributed by atoms with van der Waals surface area (Å²) in [5.41, 5.74) is 5.01. The van der Waals surface area contributed by atoms with E-state index < -0.39 is 5.92 Å². The number of carbonyl (C=O) groups is 2. The van der Waals surface area contributed by atoms with Crippen LogP contribution in [0.1, 0.15) is 31.7 Å². The van der Waals surface area contributed by atoms with Gasteiger partial charge in [-0.05, 0) is 89.8 Å². The Balaban J connectivity index is 1.36. The maximum Gasteiger partial charge on any atom is 0.238 e. The second kappa shape index (κ2) is 11.2. The molecule has 0 spiro atoms. The van der Waals surface area contributed by atoms with Gasteiger partial charge in [0.25, 0.3) is 0 Å². The van der Waals surface area contributed by atoms with E-state index in [1.807, 2.05) is 42.5 Å². The molecule has 2 aliphatic heterocycles. The Morgan fingerprint density at radius 1 is 1.16 bits per heavy atom. The lowest BCUT2D eigenvalue weighted by Gasteiger charge is -2.31. The number of rotatable bonds is 8. The van der Waals surface area contributed by atoms with Crippen LogP contribution >= 0.6 is 22.6 Å². The zero-order valence-corrected chi connectivity index (χ0v) is 23.9. The molecule has 0 saturated carbocycles. The van der Waals surface area contributed by atoms with E-state index >= 15 is 0 Å². The number of para-hydroxylation sites is 1. The molecule has 1 N–H and O–H groups in total. The number of carbonyl (C=O) groups excluding carboxylic acids is 2. The van der Waals surface area contributed by atoms with Crippen molar-refractivity contribution in [2.75, 3.05) is 32.3 Å². The molecule has 4 atom stereocenters. The average Bonchev–Trinajstić information content (AvgIpc) is 3.44. The summed E-state index contributed by atoms with van der Waals surface area (Å²) in [4.78, 5) is 28.4. The summed E-state index contributed by atoms with van der Waals surface area (Å²) in [6.07, 6.45) is 4.08. The number of anilines is 1. The van der Waals surface area contributed by atoms with E-state index in [2.05, 4.69) is 35.6 Å². The van der Waals surface area contributed by atoms with Crippen molar-refractivity contribution in [3.8, 4) is 11.5 Å². The van der Waals surface area contributed by atoms with Crippen molar-refractivity contribution >= 4 is 46.2 Å². The zero-order valence-electron chi connectivity index (χ0n) is 21.8. The Bertz CT molecular complexity index is 1300. The zero-order chi connectivity index (χ0) is 27.0. The van der Waals surface area contributed by atoms with E-state index in [0.717, 1.165) is 33.1 Å². The Labute approximate surface area is 236 Å². The summed E-state index contributed by atoms with van der Waals surface area (Å²) >= 11 is 2.10. The third kappa shape index (κ3) is 4.89. The molecule has 2 aromatic rings. The van der Waals surface area contributed by atoms with E-state index in [4.69, 9.17) is 14.2 Å². The van der Waals surface area contributed by atoms with Crippen molar-refractivity contribution < 1.29 is 28.9 Å². The molecule has 8 heteroatoms. The second-order valence-corrected chi connectivity index (χ2v) is 11.3. The van der Waals surface area contributed by atoms with Crippen molar-refractivity contribution in [1.82, 2.24) is 0 Å². The smallest absolute Gasteiger partial charge is 0.238 e. The van der Waals surface area contributed by atoms with Crippen molar-refractivity contribution in [3.05, 3.63) is 68.3 Å². The summed E-state index contributed by atoms with van der Waals surface area (Å²) < 4.78 is 17.9. The fourth-order valence-electron chi connectivity index (χ4n) is 6.16. The molecule has 2 saturated heterocycles. The van der Waals surface area contributed by atoms with Crippen LogP contribution in [0.15, 0.2) is 59.2 Å². The molecule has 38 heavy (non-hydrogen) atoms. The first-order chi connectivity index (χ1) is 18.3. The van der Waals surface area contributed by atoms with Crippen LogP contribution in [0.5, 0.6) is 11.5 Å². The van der Waals surface area contributed by atoms with Gasteiger partial charge in [-0.2, -0.15) is 0 Å². The van der Waals surface area contributed by atoms with Gasteiger partial charge in [0, 0.05) is 13.0 Å². The molecule has 0 aromatic heterocycles. The number of imide groups is 1. The lowest BCUT2D eigenvalue weighted by Crippen LogP contribution is -2.35. The van der Waals surface area contributed by atoms with Gasteiger partial charge in [-0.3, -0.25) is 14.5 Å². The average molecular weight is 629 g/mol. The van der Waals surface area contributed by atoms with Gasteiger partial charge in [-0.15, -0.1) is 0 Å². The largest absolute Gasteiger partial charge is 0.504 e. The molecule has 0 radical (unpaired) electrons. The standard InChI is InChI=1S/C30H32INO6/c1-17(11-18-12-23(31)28(33)25(13-18)37-3)9-10-24-26-19(15-36-2)14-21-27(22(26)16-38-24)30(35)32(29(21)34)20-7-5-4-6-8-20/h4-8,11-13,21-22,24,27,33H,9-10,14-16H2,1-3H3/b17-11+/t21-,22+,24-,27-/m1/s1. The van der Waals surface area contributed by atoms with Gasteiger partial charge in [0.05, 0.1) is 47.5 Å². The summed E-state index contributed by atoms with van der Waals surface area (Å²) in [6, 6.07) is 12.9. The Kier molecular flexibility index (Phi) is 7.93. The normalized spacial score (nSPS) is 25.2. The summed E-state index contributed by atoms with van der Waals surface area (Å²) in [6.45, 7) is 2.95. The van der Waals surface area contributed by atoms with Gasteiger partial charge in [0.15, 0.2) is 11.5 Å². The molecule has 2 fully saturated rings. The van der Waals surface area contributed by atoms with E-state index in [1.54, 1.807) is 14.2 Å².